The van der Waals surface area contributed by atoms with Crippen molar-refractivity contribution in [2.45, 2.75) is 52.2 Å². The number of epoxide rings is 1. The minimum Gasteiger partial charge on any atom is -0.352 e. The molecule has 0 aromatic heterocycles. The van der Waals surface area contributed by atoms with Crippen LogP contribution in [0, 0.1) is 5.41 Å². The zero-order chi connectivity index (χ0) is 10.3. The molecule has 3 nitrogen and oxygen atoms in total. The second-order valence-electron chi connectivity index (χ2n) is 5.34. The van der Waals surface area contributed by atoms with E-state index in [1.54, 1.807) is 7.11 Å². The number of rotatable bonds is 2. The minimum atomic E-state index is 0.0265. The van der Waals surface area contributed by atoms with Gasteiger partial charge >= 0.3 is 0 Å². The summed E-state index contributed by atoms with van der Waals surface area (Å²) in [6.45, 7) is 8.12. The van der Waals surface area contributed by atoms with Crippen LogP contribution in [0.25, 0.3) is 0 Å². The first-order valence-electron chi connectivity index (χ1n) is 5.47. The van der Waals surface area contributed by atoms with Crippen LogP contribution in [-0.2, 0) is 9.47 Å². The number of likely N-dealkylation sites (tertiary alicyclic amines) is 1. The fourth-order valence-corrected chi connectivity index (χ4v) is 2.55. The molecule has 0 saturated carbocycles. The highest BCUT2D eigenvalue weighted by Gasteiger charge is 2.48. The number of hydrogen-bond donors (Lipinski definition) is 0. The Morgan fingerprint density at radius 3 is 2.64 bits per heavy atom. The Morgan fingerprint density at radius 1 is 1.43 bits per heavy atom. The highest BCUT2D eigenvalue weighted by molar-refractivity contribution is 4.90. The van der Waals surface area contributed by atoms with Gasteiger partial charge in [-0.3, -0.25) is 4.90 Å². The van der Waals surface area contributed by atoms with Gasteiger partial charge in [-0.25, -0.2) is 0 Å². The molecule has 0 bridgehead atoms. The third kappa shape index (κ3) is 1.95. The van der Waals surface area contributed by atoms with Crippen LogP contribution in [0.1, 0.15) is 33.6 Å². The van der Waals surface area contributed by atoms with Gasteiger partial charge in [0.15, 0.2) is 12.5 Å². The van der Waals surface area contributed by atoms with Gasteiger partial charge in [0.1, 0.15) is 0 Å². The number of ether oxygens (including phenoxy) is 2. The molecule has 2 rings (SSSR count). The fourth-order valence-electron chi connectivity index (χ4n) is 2.55. The summed E-state index contributed by atoms with van der Waals surface area (Å²) in [5.74, 6) is 0. The molecule has 0 spiro atoms. The Morgan fingerprint density at radius 2 is 2.14 bits per heavy atom. The van der Waals surface area contributed by atoms with Crippen LogP contribution in [0.4, 0.5) is 0 Å². The Hall–Kier alpha value is -0.120. The van der Waals surface area contributed by atoms with Crippen LogP contribution in [0.3, 0.4) is 0 Å². The van der Waals surface area contributed by atoms with Crippen LogP contribution >= 0.6 is 0 Å². The average Bonchev–Trinajstić information content (AvgIpc) is 2.81. The Labute approximate surface area is 86.4 Å². The number of methoxy groups -OCH3 is 1. The van der Waals surface area contributed by atoms with E-state index in [0.717, 1.165) is 6.54 Å². The van der Waals surface area contributed by atoms with E-state index in [4.69, 9.17) is 9.47 Å². The molecule has 2 aliphatic heterocycles. The van der Waals surface area contributed by atoms with Crippen molar-refractivity contribution >= 4 is 0 Å². The molecule has 3 heteroatoms. The second-order valence-corrected chi connectivity index (χ2v) is 5.34. The average molecular weight is 199 g/mol. The van der Waals surface area contributed by atoms with Crippen molar-refractivity contribution in [3.8, 4) is 0 Å². The quantitative estimate of drug-likeness (QED) is 0.634. The monoisotopic (exact) mass is 199 g/mol. The maximum absolute atomic E-state index is 5.45. The number of nitrogens with zero attached hydrogens (tertiary/aromatic N) is 1. The first-order chi connectivity index (χ1) is 6.53. The van der Waals surface area contributed by atoms with E-state index in [2.05, 4.69) is 25.7 Å². The number of piperidine rings is 1. The molecule has 3 unspecified atom stereocenters. The molecule has 3 atom stereocenters. The molecule has 0 aromatic rings. The third-order valence-electron chi connectivity index (χ3n) is 3.45. The van der Waals surface area contributed by atoms with E-state index in [0.29, 0.717) is 11.5 Å². The summed E-state index contributed by atoms with van der Waals surface area (Å²) < 4.78 is 10.6. The Kier molecular flexibility index (Phi) is 2.58. The van der Waals surface area contributed by atoms with E-state index in [9.17, 15) is 0 Å². The lowest BCUT2D eigenvalue weighted by molar-refractivity contribution is 0.0421. The first kappa shape index (κ1) is 10.4. The Bertz CT molecular complexity index is 217. The van der Waals surface area contributed by atoms with Crippen LogP contribution in [0.15, 0.2) is 0 Å². The summed E-state index contributed by atoms with van der Waals surface area (Å²) in [6, 6.07) is 0.615. The van der Waals surface area contributed by atoms with Crippen LogP contribution < -0.4 is 0 Å². The van der Waals surface area contributed by atoms with Crippen molar-refractivity contribution in [2.75, 3.05) is 13.7 Å². The summed E-state index contributed by atoms with van der Waals surface area (Å²) in [4.78, 5) is 2.43. The molecule has 0 amide bonds. The van der Waals surface area contributed by atoms with Crippen LogP contribution in [0.5, 0.6) is 0 Å². The number of hydrogen-bond acceptors (Lipinski definition) is 3. The van der Waals surface area contributed by atoms with Crippen molar-refractivity contribution < 1.29 is 9.47 Å². The molecule has 0 radical (unpaired) electrons. The SMILES string of the molecule is COC1OC1N1CCC(C)(C)CC1C. The van der Waals surface area contributed by atoms with Gasteiger partial charge in [0, 0.05) is 19.7 Å². The molecule has 14 heavy (non-hydrogen) atoms. The summed E-state index contributed by atoms with van der Waals surface area (Å²) in [6.07, 6.45) is 2.77. The lowest BCUT2D eigenvalue weighted by Gasteiger charge is -2.41. The van der Waals surface area contributed by atoms with E-state index < -0.39 is 0 Å². The normalized spacial score (nSPS) is 42.4. The van der Waals surface area contributed by atoms with Gasteiger partial charge in [0.25, 0.3) is 0 Å². The topological polar surface area (TPSA) is 25.0 Å². The molecule has 0 N–H and O–H groups in total. The molecule has 0 aliphatic carbocycles. The first-order valence-corrected chi connectivity index (χ1v) is 5.47. The molecule has 2 saturated heterocycles. The van der Waals surface area contributed by atoms with E-state index in [-0.39, 0.29) is 12.5 Å². The zero-order valence-corrected chi connectivity index (χ0v) is 9.62. The van der Waals surface area contributed by atoms with Crippen molar-refractivity contribution in [3.05, 3.63) is 0 Å². The second kappa shape index (κ2) is 3.47. The maximum atomic E-state index is 5.45. The summed E-state index contributed by atoms with van der Waals surface area (Å²) in [5.41, 5.74) is 0.493. The molecule has 2 aliphatic rings. The predicted molar refractivity (Wildman–Crippen MR) is 54.9 cm³/mol. The van der Waals surface area contributed by atoms with E-state index >= 15 is 0 Å². The van der Waals surface area contributed by atoms with Gasteiger partial charge in [-0.15, -0.1) is 0 Å². The molecule has 82 valence electrons. The standard InChI is InChI=1S/C11H21NO2/c1-8-7-11(2,3)5-6-12(8)9-10(13-4)14-9/h8-10H,5-7H2,1-4H3. The minimum absolute atomic E-state index is 0.0265. The van der Waals surface area contributed by atoms with Crippen molar-refractivity contribution in [1.82, 2.24) is 4.90 Å². The summed E-state index contributed by atoms with van der Waals surface area (Å²) >= 11 is 0. The van der Waals surface area contributed by atoms with E-state index in [1.165, 1.54) is 12.8 Å². The van der Waals surface area contributed by atoms with Gasteiger partial charge in [-0.2, -0.15) is 0 Å². The van der Waals surface area contributed by atoms with Gasteiger partial charge in [0.2, 0.25) is 0 Å². The van der Waals surface area contributed by atoms with Crippen molar-refractivity contribution in [3.63, 3.8) is 0 Å². The molecule has 2 fully saturated rings. The molecule has 0 aromatic carbocycles. The smallest absolute Gasteiger partial charge is 0.199 e. The molecular formula is C11H21NO2. The van der Waals surface area contributed by atoms with Crippen molar-refractivity contribution in [2.24, 2.45) is 5.41 Å². The van der Waals surface area contributed by atoms with Gasteiger partial charge in [-0.1, -0.05) is 13.8 Å². The summed E-state index contributed by atoms with van der Waals surface area (Å²) in [7, 11) is 1.71. The fraction of sp³-hybridized carbons (Fsp3) is 1.00. The lowest BCUT2D eigenvalue weighted by atomic mass is 9.79. The van der Waals surface area contributed by atoms with Gasteiger partial charge < -0.3 is 9.47 Å². The third-order valence-corrected chi connectivity index (χ3v) is 3.45. The van der Waals surface area contributed by atoms with Gasteiger partial charge in [-0.05, 0) is 25.2 Å². The summed E-state index contributed by atoms with van der Waals surface area (Å²) in [5, 5.41) is 0. The lowest BCUT2D eigenvalue weighted by Crippen LogP contribution is -2.45. The maximum Gasteiger partial charge on any atom is 0.199 e. The highest BCUT2D eigenvalue weighted by atomic mass is 16.8. The Balaban J connectivity index is 1.90. The molecular weight excluding hydrogens is 178 g/mol. The van der Waals surface area contributed by atoms with Crippen LogP contribution in [0.2, 0.25) is 0 Å². The van der Waals surface area contributed by atoms with E-state index in [1.807, 2.05) is 0 Å². The van der Waals surface area contributed by atoms with Crippen molar-refractivity contribution in [1.29, 1.82) is 0 Å². The van der Waals surface area contributed by atoms with Gasteiger partial charge in [0.05, 0.1) is 0 Å². The zero-order valence-electron chi connectivity index (χ0n) is 9.62. The predicted octanol–water partition coefficient (Wildman–Crippen LogP) is 1.83. The van der Waals surface area contributed by atoms with Crippen LogP contribution in [-0.4, -0.2) is 37.1 Å². The largest absolute Gasteiger partial charge is 0.352 e. The molecule has 2 heterocycles. The highest BCUT2D eigenvalue weighted by Crippen LogP contribution is 2.38.